The summed E-state index contributed by atoms with van der Waals surface area (Å²) in [5, 5.41) is 2.99. The highest BCUT2D eigenvalue weighted by Crippen LogP contribution is 2.25. The maximum absolute atomic E-state index is 13.6. The first-order valence-corrected chi connectivity index (χ1v) is 8.56. The SMILES string of the molecule is O=C(NC1CC1)c1ccccc1OC1CN(Cc2ccncc2F)C1. The molecule has 1 N–H and O–H groups in total. The van der Waals surface area contributed by atoms with Crippen LogP contribution in [0.25, 0.3) is 0 Å². The number of ether oxygens (including phenoxy) is 1. The Labute approximate surface area is 145 Å². The maximum atomic E-state index is 13.6. The van der Waals surface area contributed by atoms with Crippen molar-refractivity contribution in [2.24, 2.45) is 0 Å². The number of carbonyl (C=O) groups excluding carboxylic acids is 1. The van der Waals surface area contributed by atoms with Gasteiger partial charge in [0.25, 0.3) is 5.91 Å². The van der Waals surface area contributed by atoms with Crippen molar-refractivity contribution in [1.82, 2.24) is 15.2 Å². The smallest absolute Gasteiger partial charge is 0.255 e. The Morgan fingerprint density at radius 2 is 2.08 bits per heavy atom. The second-order valence-electron chi connectivity index (χ2n) is 6.64. The van der Waals surface area contributed by atoms with E-state index in [1.165, 1.54) is 6.20 Å². The highest BCUT2D eigenvalue weighted by Gasteiger charge is 2.30. The van der Waals surface area contributed by atoms with Crippen LogP contribution in [0, 0.1) is 5.82 Å². The number of hydrogen-bond acceptors (Lipinski definition) is 4. The van der Waals surface area contributed by atoms with Crippen molar-refractivity contribution in [2.45, 2.75) is 31.5 Å². The number of benzene rings is 1. The normalized spacial score (nSPS) is 17.8. The van der Waals surface area contributed by atoms with E-state index in [-0.39, 0.29) is 17.8 Å². The van der Waals surface area contributed by atoms with Crippen LogP contribution in [0.15, 0.2) is 42.7 Å². The lowest BCUT2D eigenvalue weighted by atomic mass is 10.1. The predicted octanol–water partition coefficient (Wildman–Crippen LogP) is 2.38. The average molecular weight is 341 g/mol. The maximum Gasteiger partial charge on any atom is 0.255 e. The standard InChI is InChI=1S/C19H20FN3O2/c20-17-9-21-8-7-13(17)10-23-11-15(12-23)25-18-4-2-1-3-16(18)19(24)22-14-5-6-14/h1-4,7-9,14-15H,5-6,10-12H2,(H,22,24). The molecule has 6 heteroatoms. The molecule has 4 rings (SSSR count). The van der Waals surface area contributed by atoms with E-state index in [1.54, 1.807) is 18.3 Å². The van der Waals surface area contributed by atoms with Crippen LogP contribution in [0.4, 0.5) is 4.39 Å². The first-order valence-electron chi connectivity index (χ1n) is 8.56. The molecule has 1 aromatic heterocycles. The number of carbonyl (C=O) groups is 1. The zero-order chi connectivity index (χ0) is 17.2. The fraction of sp³-hybridized carbons (Fsp3) is 0.368. The van der Waals surface area contributed by atoms with Gasteiger partial charge in [0.1, 0.15) is 17.7 Å². The van der Waals surface area contributed by atoms with Crippen LogP contribution < -0.4 is 10.1 Å². The average Bonchev–Trinajstić information content (AvgIpc) is 3.39. The molecule has 2 aliphatic rings. The summed E-state index contributed by atoms with van der Waals surface area (Å²) in [5.74, 6) is 0.252. The minimum absolute atomic E-state index is 0.0137. The summed E-state index contributed by atoms with van der Waals surface area (Å²) in [6, 6.07) is 9.33. The van der Waals surface area contributed by atoms with Crippen molar-refractivity contribution in [3.8, 4) is 5.75 Å². The lowest BCUT2D eigenvalue weighted by Crippen LogP contribution is -2.53. The Morgan fingerprint density at radius 3 is 2.84 bits per heavy atom. The lowest BCUT2D eigenvalue weighted by molar-refractivity contribution is 0.0134. The van der Waals surface area contributed by atoms with Gasteiger partial charge in [-0.3, -0.25) is 14.7 Å². The molecular weight excluding hydrogens is 321 g/mol. The molecule has 0 unspecified atom stereocenters. The molecule has 5 nitrogen and oxygen atoms in total. The van der Waals surface area contributed by atoms with Gasteiger partial charge in [-0.1, -0.05) is 12.1 Å². The number of halogens is 1. The van der Waals surface area contributed by atoms with Crippen LogP contribution in [0.2, 0.25) is 0 Å². The van der Waals surface area contributed by atoms with E-state index in [9.17, 15) is 9.18 Å². The van der Waals surface area contributed by atoms with E-state index < -0.39 is 0 Å². The summed E-state index contributed by atoms with van der Waals surface area (Å²) in [6.07, 6.45) is 4.95. The molecule has 0 bridgehead atoms. The predicted molar refractivity (Wildman–Crippen MR) is 90.8 cm³/mol. The molecule has 2 fully saturated rings. The topological polar surface area (TPSA) is 54.5 Å². The van der Waals surface area contributed by atoms with Crippen molar-refractivity contribution in [3.05, 3.63) is 59.7 Å². The lowest BCUT2D eigenvalue weighted by Gasteiger charge is -2.39. The van der Waals surface area contributed by atoms with E-state index in [2.05, 4.69) is 15.2 Å². The summed E-state index contributed by atoms with van der Waals surface area (Å²) >= 11 is 0. The summed E-state index contributed by atoms with van der Waals surface area (Å²) in [4.78, 5) is 18.2. The number of nitrogens with one attached hydrogen (secondary N) is 1. The van der Waals surface area contributed by atoms with Crippen LogP contribution in [0.3, 0.4) is 0 Å². The molecule has 1 aromatic carbocycles. The van der Waals surface area contributed by atoms with Gasteiger partial charge >= 0.3 is 0 Å². The summed E-state index contributed by atoms with van der Waals surface area (Å²) in [7, 11) is 0. The monoisotopic (exact) mass is 341 g/mol. The third kappa shape index (κ3) is 3.79. The molecule has 25 heavy (non-hydrogen) atoms. The van der Waals surface area contributed by atoms with Crippen molar-refractivity contribution in [3.63, 3.8) is 0 Å². The molecule has 0 spiro atoms. The van der Waals surface area contributed by atoms with E-state index in [0.717, 1.165) is 12.8 Å². The van der Waals surface area contributed by atoms with Gasteiger partial charge in [-0.25, -0.2) is 4.39 Å². The van der Waals surface area contributed by atoms with Crippen molar-refractivity contribution in [1.29, 1.82) is 0 Å². The van der Waals surface area contributed by atoms with Gasteiger partial charge in [0, 0.05) is 37.4 Å². The number of likely N-dealkylation sites (tertiary alicyclic amines) is 1. The van der Waals surface area contributed by atoms with Crippen molar-refractivity contribution >= 4 is 5.91 Å². The number of aromatic nitrogens is 1. The largest absolute Gasteiger partial charge is 0.487 e. The quantitative estimate of drug-likeness (QED) is 0.876. The van der Waals surface area contributed by atoms with E-state index in [0.29, 0.717) is 42.6 Å². The molecular formula is C19H20FN3O2. The van der Waals surface area contributed by atoms with Gasteiger partial charge in [0.05, 0.1) is 11.8 Å². The van der Waals surface area contributed by atoms with Crippen LogP contribution in [0.5, 0.6) is 5.75 Å². The molecule has 1 saturated carbocycles. The number of amides is 1. The van der Waals surface area contributed by atoms with Crippen molar-refractivity contribution in [2.75, 3.05) is 13.1 Å². The number of nitrogens with zero attached hydrogens (tertiary/aromatic N) is 2. The molecule has 1 amide bonds. The summed E-state index contributed by atoms with van der Waals surface area (Å²) in [5.41, 5.74) is 1.21. The van der Waals surface area contributed by atoms with Crippen LogP contribution in [-0.2, 0) is 6.54 Å². The first-order chi connectivity index (χ1) is 12.2. The number of para-hydroxylation sites is 1. The fourth-order valence-corrected chi connectivity index (χ4v) is 2.93. The van der Waals surface area contributed by atoms with Gasteiger partial charge in [-0.05, 0) is 31.0 Å². The van der Waals surface area contributed by atoms with Gasteiger partial charge in [-0.2, -0.15) is 0 Å². The second kappa shape index (κ2) is 6.80. The van der Waals surface area contributed by atoms with Gasteiger partial charge in [0.2, 0.25) is 0 Å². The minimum Gasteiger partial charge on any atom is -0.487 e. The molecule has 1 aliphatic heterocycles. The zero-order valence-electron chi connectivity index (χ0n) is 13.8. The van der Waals surface area contributed by atoms with Gasteiger partial charge in [-0.15, -0.1) is 0 Å². The Balaban J connectivity index is 1.33. The zero-order valence-corrected chi connectivity index (χ0v) is 13.8. The number of pyridine rings is 1. The van der Waals surface area contributed by atoms with E-state index in [1.807, 2.05) is 18.2 Å². The van der Waals surface area contributed by atoms with E-state index in [4.69, 9.17) is 4.74 Å². The van der Waals surface area contributed by atoms with E-state index >= 15 is 0 Å². The molecule has 2 heterocycles. The molecule has 130 valence electrons. The Morgan fingerprint density at radius 1 is 1.28 bits per heavy atom. The van der Waals surface area contributed by atoms with Gasteiger partial charge < -0.3 is 10.1 Å². The first kappa shape index (κ1) is 16.0. The summed E-state index contributed by atoms with van der Waals surface area (Å²) in [6.45, 7) is 1.96. The highest BCUT2D eigenvalue weighted by atomic mass is 19.1. The minimum atomic E-state index is -0.283. The van der Waals surface area contributed by atoms with Crippen LogP contribution in [-0.4, -0.2) is 41.0 Å². The summed E-state index contributed by atoms with van der Waals surface area (Å²) < 4.78 is 19.6. The number of hydrogen-bond donors (Lipinski definition) is 1. The highest BCUT2D eigenvalue weighted by molar-refractivity contribution is 5.97. The van der Waals surface area contributed by atoms with Crippen molar-refractivity contribution < 1.29 is 13.9 Å². The number of rotatable bonds is 6. The molecule has 1 aliphatic carbocycles. The van der Waals surface area contributed by atoms with Crippen LogP contribution in [0.1, 0.15) is 28.8 Å². The third-order valence-corrected chi connectivity index (χ3v) is 4.51. The molecule has 1 saturated heterocycles. The fourth-order valence-electron chi connectivity index (χ4n) is 2.93. The Kier molecular flexibility index (Phi) is 4.36. The van der Waals surface area contributed by atoms with Gasteiger partial charge in [0.15, 0.2) is 0 Å². The molecule has 2 aromatic rings. The Bertz CT molecular complexity index is 773. The third-order valence-electron chi connectivity index (χ3n) is 4.51. The van der Waals surface area contributed by atoms with Crippen LogP contribution >= 0.6 is 0 Å². The second-order valence-corrected chi connectivity index (χ2v) is 6.64. The molecule has 0 atom stereocenters. The Hall–Kier alpha value is -2.47. The molecule has 0 radical (unpaired) electrons.